The molecule has 0 spiro atoms. The summed E-state index contributed by atoms with van der Waals surface area (Å²) in [5.74, 6) is 0.487. The first-order valence-corrected chi connectivity index (χ1v) is 6.47. The zero-order valence-corrected chi connectivity index (χ0v) is 11.8. The molecular formula is C12H20N2O2S. The Labute approximate surface area is 106 Å². The molecule has 17 heavy (non-hydrogen) atoms. The van der Waals surface area contributed by atoms with Gasteiger partial charge in [0, 0.05) is 17.3 Å². The van der Waals surface area contributed by atoms with Crippen molar-refractivity contribution in [2.45, 2.75) is 46.6 Å². The van der Waals surface area contributed by atoms with Crippen molar-refractivity contribution < 1.29 is 9.90 Å². The highest BCUT2D eigenvalue weighted by Crippen LogP contribution is 2.18. The van der Waals surface area contributed by atoms with E-state index in [1.54, 1.807) is 0 Å². The number of hydrogen-bond donors (Lipinski definition) is 1. The average Bonchev–Trinajstić information content (AvgIpc) is 2.45. The van der Waals surface area contributed by atoms with Gasteiger partial charge in [-0.1, -0.05) is 13.8 Å². The highest BCUT2D eigenvalue weighted by molar-refractivity contribution is 7.04. The highest BCUT2D eigenvalue weighted by Gasteiger charge is 2.16. The number of aromatic nitrogens is 1. The monoisotopic (exact) mass is 256 g/mol. The predicted octanol–water partition coefficient (Wildman–Crippen LogP) is 3.08. The summed E-state index contributed by atoms with van der Waals surface area (Å²) >= 11 is 1.41. The summed E-state index contributed by atoms with van der Waals surface area (Å²) in [6, 6.07) is 0. The van der Waals surface area contributed by atoms with E-state index in [0.717, 1.165) is 12.0 Å². The van der Waals surface area contributed by atoms with Crippen LogP contribution in [-0.2, 0) is 12.0 Å². The summed E-state index contributed by atoms with van der Waals surface area (Å²) in [6.45, 7) is 10.5. The third-order valence-corrected chi connectivity index (χ3v) is 3.60. The number of amides is 1. The molecule has 0 radical (unpaired) electrons. The summed E-state index contributed by atoms with van der Waals surface area (Å²) in [7, 11) is 0. The normalized spacial score (nSPS) is 13.4. The predicted molar refractivity (Wildman–Crippen MR) is 69.4 cm³/mol. The van der Waals surface area contributed by atoms with Gasteiger partial charge in [0.1, 0.15) is 4.67 Å². The molecule has 0 aliphatic rings. The lowest BCUT2D eigenvalue weighted by Gasteiger charge is -2.19. The topological polar surface area (TPSA) is 54.6 Å². The minimum absolute atomic E-state index is 0.0390. The average molecular weight is 256 g/mol. The summed E-state index contributed by atoms with van der Waals surface area (Å²) in [5.41, 5.74) is 0.977. The molecule has 1 heterocycles. The lowest BCUT2D eigenvalue weighted by Crippen LogP contribution is -2.18. The maximum absolute atomic E-state index is 10.7. The Balaban J connectivity index is 3.27. The quantitative estimate of drug-likeness (QED) is 0.884. The lowest BCUT2D eigenvalue weighted by molar-refractivity contribution is 0.205. The van der Waals surface area contributed by atoms with Crippen LogP contribution in [0, 0.1) is 5.92 Å². The van der Waals surface area contributed by atoms with Crippen LogP contribution < -0.4 is 4.67 Å². The van der Waals surface area contributed by atoms with Gasteiger partial charge in [0.15, 0.2) is 0 Å². The van der Waals surface area contributed by atoms with Crippen LogP contribution in [0.4, 0.5) is 4.79 Å². The van der Waals surface area contributed by atoms with Crippen molar-refractivity contribution in [3.05, 3.63) is 16.4 Å². The van der Waals surface area contributed by atoms with Crippen molar-refractivity contribution in [2.24, 2.45) is 10.9 Å². The van der Waals surface area contributed by atoms with Crippen LogP contribution in [0.5, 0.6) is 0 Å². The second kappa shape index (κ2) is 5.04. The lowest BCUT2D eigenvalue weighted by atomic mass is 10.1. The minimum Gasteiger partial charge on any atom is -0.463 e. The van der Waals surface area contributed by atoms with Gasteiger partial charge in [0.25, 0.3) is 0 Å². The summed E-state index contributed by atoms with van der Waals surface area (Å²) in [4.78, 5) is 14.4. The van der Waals surface area contributed by atoms with Crippen LogP contribution in [0.3, 0.4) is 0 Å². The molecule has 1 aromatic heterocycles. The van der Waals surface area contributed by atoms with Gasteiger partial charge in [-0.3, -0.25) is 3.96 Å². The van der Waals surface area contributed by atoms with E-state index < -0.39 is 6.09 Å². The number of carboxylic acid groups (broad SMARTS) is 1. The van der Waals surface area contributed by atoms with Crippen molar-refractivity contribution in [3.63, 3.8) is 0 Å². The Bertz CT molecular complexity index is 464. The minimum atomic E-state index is -1.13. The third-order valence-electron chi connectivity index (χ3n) is 2.22. The molecule has 0 aliphatic carbocycles. The van der Waals surface area contributed by atoms with Crippen LogP contribution in [0.15, 0.2) is 11.2 Å². The van der Waals surface area contributed by atoms with Crippen LogP contribution in [0.1, 0.15) is 40.2 Å². The van der Waals surface area contributed by atoms with E-state index in [1.165, 1.54) is 11.5 Å². The Morgan fingerprint density at radius 3 is 2.53 bits per heavy atom. The molecule has 1 amide bonds. The van der Waals surface area contributed by atoms with Gasteiger partial charge in [-0.25, -0.2) is 4.79 Å². The highest BCUT2D eigenvalue weighted by atomic mass is 32.1. The van der Waals surface area contributed by atoms with Crippen LogP contribution in [0.25, 0.3) is 0 Å². The van der Waals surface area contributed by atoms with Gasteiger partial charge in [-0.05, 0) is 44.6 Å². The zero-order valence-electron chi connectivity index (χ0n) is 11.0. The Morgan fingerprint density at radius 1 is 1.53 bits per heavy atom. The van der Waals surface area contributed by atoms with E-state index in [-0.39, 0.29) is 5.54 Å². The van der Waals surface area contributed by atoms with Crippen LogP contribution >= 0.6 is 11.5 Å². The first-order chi connectivity index (χ1) is 7.70. The zero-order chi connectivity index (χ0) is 13.2. The summed E-state index contributed by atoms with van der Waals surface area (Å²) in [5, 5.41) is 8.77. The Kier molecular flexibility index (Phi) is 4.14. The van der Waals surface area contributed by atoms with Gasteiger partial charge < -0.3 is 5.11 Å². The van der Waals surface area contributed by atoms with Crippen molar-refractivity contribution in [2.75, 3.05) is 0 Å². The van der Waals surface area contributed by atoms with Gasteiger partial charge >= 0.3 is 6.09 Å². The van der Waals surface area contributed by atoms with E-state index in [1.807, 2.05) is 6.20 Å². The van der Waals surface area contributed by atoms with E-state index in [2.05, 4.69) is 43.6 Å². The molecule has 1 N–H and O–H groups in total. The molecule has 0 aromatic carbocycles. The number of nitrogens with zero attached hydrogens (tertiary/aromatic N) is 2. The molecule has 0 unspecified atom stereocenters. The Morgan fingerprint density at radius 2 is 2.12 bits per heavy atom. The first kappa shape index (κ1) is 14.0. The molecule has 0 aliphatic heterocycles. The van der Waals surface area contributed by atoms with Gasteiger partial charge in [0.2, 0.25) is 0 Å². The summed E-state index contributed by atoms with van der Waals surface area (Å²) < 4.78 is 2.67. The van der Waals surface area contributed by atoms with Crippen molar-refractivity contribution in [3.8, 4) is 0 Å². The number of hydrogen-bond acceptors (Lipinski definition) is 2. The third kappa shape index (κ3) is 4.00. The molecule has 96 valence electrons. The molecule has 5 heteroatoms. The van der Waals surface area contributed by atoms with Crippen LogP contribution in [-0.4, -0.2) is 15.2 Å². The van der Waals surface area contributed by atoms with Crippen molar-refractivity contribution in [1.29, 1.82) is 0 Å². The molecule has 0 fully saturated rings. The fraction of sp³-hybridized carbons (Fsp3) is 0.667. The van der Waals surface area contributed by atoms with E-state index in [4.69, 9.17) is 5.11 Å². The largest absolute Gasteiger partial charge is 0.463 e. The molecule has 0 atom stereocenters. The summed E-state index contributed by atoms with van der Waals surface area (Å²) in [6.07, 6.45) is 1.75. The van der Waals surface area contributed by atoms with Crippen molar-refractivity contribution >= 4 is 17.6 Å². The van der Waals surface area contributed by atoms with Gasteiger partial charge in [-0.2, -0.15) is 4.99 Å². The first-order valence-electron chi connectivity index (χ1n) is 5.70. The smallest absolute Gasteiger partial charge is 0.432 e. The van der Waals surface area contributed by atoms with E-state index in [0.29, 0.717) is 10.6 Å². The van der Waals surface area contributed by atoms with Gasteiger partial charge in [0.05, 0.1) is 0 Å². The van der Waals surface area contributed by atoms with Crippen molar-refractivity contribution in [1.82, 2.24) is 3.96 Å². The SMILES string of the molecule is CC(C)Cc1cn(C(C)(C)C)sc1=NC(=O)O. The van der Waals surface area contributed by atoms with Gasteiger partial charge in [-0.15, -0.1) is 0 Å². The Hall–Kier alpha value is -1.10. The van der Waals surface area contributed by atoms with E-state index in [9.17, 15) is 4.79 Å². The molecular weight excluding hydrogens is 236 g/mol. The molecule has 0 saturated heterocycles. The molecule has 1 rings (SSSR count). The second-order valence-corrected chi connectivity index (χ2v) is 6.50. The van der Waals surface area contributed by atoms with E-state index >= 15 is 0 Å². The number of carbonyl (C=O) groups is 1. The van der Waals surface area contributed by atoms with Crippen LogP contribution in [0.2, 0.25) is 0 Å². The molecule has 1 aromatic rings. The maximum atomic E-state index is 10.7. The maximum Gasteiger partial charge on any atom is 0.432 e. The molecule has 4 nitrogen and oxygen atoms in total. The molecule has 0 saturated carbocycles. The number of rotatable bonds is 2. The standard InChI is InChI=1S/C12H20N2O2S/c1-8(2)6-9-7-14(12(3,4)5)17-10(9)13-11(15)16/h7-8H,6H2,1-5H3,(H,15,16). The fourth-order valence-corrected chi connectivity index (χ4v) is 2.48. The fourth-order valence-electron chi connectivity index (χ4n) is 1.46. The second-order valence-electron chi connectivity index (χ2n) is 5.54. The molecule has 0 bridgehead atoms.